The third kappa shape index (κ3) is 4.11. The maximum absolute atomic E-state index is 10.3. The van der Waals surface area contributed by atoms with E-state index < -0.39 is 38.5 Å². The summed E-state index contributed by atoms with van der Waals surface area (Å²) in [7, 11) is -5.31. The van der Waals surface area contributed by atoms with Gasteiger partial charge in [-0.25, -0.2) is 0 Å². The molecule has 0 spiro atoms. The van der Waals surface area contributed by atoms with Gasteiger partial charge in [-0.05, 0) is 6.42 Å². The van der Waals surface area contributed by atoms with Crippen molar-refractivity contribution >= 4 is 7.82 Å². The molecule has 9 heteroatoms. The summed E-state index contributed by atoms with van der Waals surface area (Å²) < 4.78 is 19.3. The summed E-state index contributed by atoms with van der Waals surface area (Å²) in [5.41, 5.74) is 0. The lowest BCUT2D eigenvalue weighted by Crippen LogP contribution is -2.60. The summed E-state index contributed by atoms with van der Waals surface area (Å²) in [4.78, 5) is 20.7. The van der Waals surface area contributed by atoms with Crippen molar-refractivity contribution in [2.24, 2.45) is 0 Å². The van der Waals surface area contributed by atoms with Gasteiger partial charge >= 0.3 is 0 Å². The highest BCUT2D eigenvalue weighted by Crippen LogP contribution is 2.33. The minimum atomic E-state index is -5.31. The van der Waals surface area contributed by atoms with E-state index in [-0.39, 0.29) is 12.8 Å². The summed E-state index contributed by atoms with van der Waals surface area (Å²) in [6.07, 6.45) is -1.96. The highest BCUT2D eigenvalue weighted by atomic mass is 31.2. The quantitative estimate of drug-likeness (QED) is 0.374. The molecule has 0 bridgehead atoms. The molecule has 1 saturated heterocycles. The number of ether oxygens (including phenoxy) is 1. The summed E-state index contributed by atoms with van der Waals surface area (Å²) in [6.45, 7) is 2.37. The molecule has 0 aromatic carbocycles. The normalized spacial score (nSPS) is 37.5. The molecule has 3 unspecified atom stereocenters. The third-order valence-electron chi connectivity index (χ3n) is 2.56. The maximum Gasteiger partial charge on any atom is 0.219 e. The predicted octanol–water partition coefficient (Wildman–Crippen LogP) is -2.39. The number of aliphatic hydroxyl groups is 3. The van der Waals surface area contributed by atoms with E-state index in [1.54, 1.807) is 0 Å². The second kappa shape index (κ2) is 5.77. The zero-order chi connectivity index (χ0) is 14.0. The van der Waals surface area contributed by atoms with Crippen LogP contribution < -0.4 is 9.79 Å². The highest BCUT2D eigenvalue weighted by Gasteiger charge is 2.48. The van der Waals surface area contributed by atoms with Crippen LogP contribution in [-0.4, -0.2) is 46.0 Å². The van der Waals surface area contributed by atoms with Gasteiger partial charge in [0.2, 0.25) is 5.79 Å². The summed E-state index contributed by atoms with van der Waals surface area (Å²) in [5, 5.41) is 29.0. The van der Waals surface area contributed by atoms with Crippen molar-refractivity contribution < 1.29 is 38.9 Å². The van der Waals surface area contributed by atoms with Crippen LogP contribution in [0.15, 0.2) is 12.7 Å². The fourth-order valence-corrected chi connectivity index (χ4v) is 2.07. The molecule has 1 fully saturated rings. The summed E-state index contributed by atoms with van der Waals surface area (Å²) in [5.74, 6) is -2.45. The molecule has 1 aliphatic rings. The first-order valence-corrected chi connectivity index (χ1v) is 6.68. The molecule has 4 atom stereocenters. The van der Waals surface area contributed by atoms with E-state index in [9.17, 15) is 29.7 Å². The Morgan fingerprint density at radius 3 is 2.67 bits per heavy atom. The van der Waals surface area contributed by atoms with E-state index in [0.29, 0.717) is 0 Å². The van der Waals surface area contributed by atoms with Gasteiger partial charge in [0.15, 0.2) is 0 Å². The van der Waals surface area contributed by atoms with Crippen molar-refractivity contribution in [1.82, 2.24) is 0 Å². The topological polar surface area (TPSA) is 142 Å². The Labute approximate surface area is 104 Å². The zero-order valence-electron chi connectivity index (χ0n) is 9.47. The SMILES string of the molecule is C=CCC1CC(O)C(O)[C@@](O)(COP(=O)([O-])[O-])O1. The molecule has 1 heterocycles. The molecule has 1 aliphatic heterocycles. The molecule has 0 radical (unpaired) electrons. The van der Waals surface area contributed by atoms with Crippen LogP contribution in [0.3, 0.4) is 0 Å². The van der Waals surface area contributed by atoms with E-state index in [1.807, 2.05) is 0 Å². The van der Waals surface area contributed by atoms with Crippen LogP contribution in [0.2, 0.25) is 0 Å². The average molecular weight is 282 g/mol. The number of aliphatic hydroxyl groups excluding tert-OH is 2. The van der Waals surface area contributed by atoms with E-state index >= 15 is 0 Å². The second-order valence-electron chi connectivity index (χ2n) is 4.08. The van der Waals surface area contributed by atoms with Crippen molar-refractivity contribution in [3.05, 3.63) is 12.7 Å². The monoisotopic (exact) mass is 282 g/mol. The zero-order valence-corrected chi connectivity index (χ0v) is 10.4. The first-order valence-electron chi connectivity index (χ1n) is 5.22. The number of phosphoric ester groups is 1. The van der Waals surface area contributed by atoms with Gasteiger partial charge in [0.1, 0.15) is 12.7 Å². The molecular formula is C9H15O8P-2. The fraction of sp³-hybridized carbons (Fsp3) is 0.778. The lowest BCUT2D eigenvalue weighted by Gasteiger charge is -2.44. The largest absolute Gasteiger partial charge is 0.790 e. The van der Waals surface area contributed by atoms with Gasteiger partial charge in [0.25, 0.3) is 0 Å². The van der Waals surface area contributed by atoms with Gasteiger partial charge < -0.3 is 38.9 Å². The highest BCUT2D eigenvalue weighted by molar-refractivity contribution is 7.43. The van der Waals surface area contributed by atoms with Gasteiger partial charge in [-0.15, -0.1) is 6.58 Å². The predicted molar refractivity (Wildman–Crippen MR) is 54.8 cm³/mol. The van der Waals surface area contributed by atoms with Crippen molar-refractivity contribution in [2.75, 3.05) is 6.61 Å². The third-order valence-corrected chi connectivity index (χ3v) is 3.01. The Morgan fingerprint density at radius 1 is 1.56 bits per heavy atom. The Bertz CT molecular complexity index is 341. The van der Waals surface area contributed by atoms with Crippen LogP contribution in [0.1, 0.15) is 12.8 Å². The molecule has 0 aromatic heterocycles. The van der Waals surface area contributed by atoms with Crippen LogP contribution in [0.25, 0.3) is 0 Å². The Kier molecular flexibility index (Phi) is 5.05. The molecule has 3 N–H and O–H groups in total. The van der Waals surface area contributed by atoms with Gasteiger partial charge in [-0.1, -0.05) is 6.08 Å². The number of rotatable bonds is 5. The molecule has 0 aromatic rings. The van der Waals surface area contributed by atoms with Crippen LogP contribution in [0, 0.1) is 0 Å². The smallest absolute Gasteiger partial charge is 0.219 e. The molecule has 106 valence electrons. The molecule has 0 saturated carbocycles. The van der Waals surface area contributed by atoms with Crippen LogP contribution in [0.4, 0.5) is 0 Å². The Balaban J connectivity index is 2.74. The van der Waals surface area contributed by atoms with E-state index in [4.69, 9.17) is 4.74 Å². The standard InChI is InChI=1S/C9H17O8P/c1-2-3-6-4-7(10)8(11)9(12,17-6)5-16-18(13,14)15/h2,6-8,10-12H,1,3-5H2,(H2,13,14,15)/p-2/t6?,7?,8?,9-/m1/s1. The first-order chi connectivity index (χ1) is 8.18. The van der Waals surface area contributed by atoms with Crippen LogP contribution >= 0.6 is 7.82 Å². The molecule has 1 rings (SSSR count). The molecule has 0 aliphatic carbocycles. The van der Waals surface area contributed by atoms with E-state index in [2.05, 4.69) is 11.1 Å². The fourth-order valence-electron chi connectivity index (χ4n) is 1.73. The molecular weight excluding hydrogens is 267 g/mol. The van der Waals surface area contributed by atoms with Crippen LogP contribution in [-0.2, 0) is 13.8 Å². The number of hydrogen-bond donors (Lipinski definition) is 3. The number of phosphoric acid groups is 1. The van der Waals surface area contributed by atoms with E-state index in [0.717, 1.165) is 0 Å². The molecule has 0 amide bonds. The second-order valence-corrected chi connectivity index (χ2v) is 5.23. The van der Waals surface area contributed by atoms with Crippen molar-refractivity contribution in [2.45, 2.75) is 36.9 Å². The van der Waals surface area contributed by atoms with Crippen molar-refractivity contribution in [1.29, 1.82) is 0 Å². The minimum absolute atomic E-state index is 0.0436. The van der Waals surface area contributed by atoms with Gasteiger partial charge in [-0.2, -0.15) is 0 Å². The van der Waals surface area contributed by atoms with Gasteiger partial charge in [0.05, 0.1) is 20.0 Å². The lowest BCUT2D eigenvalue weighted by molar-refractivity contribution is -0.364. The lowest BCUT2D eigenvalue weighted by atomic mass is 9.94. The van der Waals surface area contributed by atoms with E-state index in [1.165, 1.54) is 6.08 Å². The maximum atomic E-state index is 10.3. The van der Waals surface area contributed by atoms with Crippen molar-refractivity contribution in [3.63, 3.8) is 0 Å². The van der Waals surface area contributed by atoms with Crippen molar-refractivity contribution in [3.8, 4) is 0 Å². The average Bonchev–Trinajstić information content (AvgIpc) is 2.23. The molecule has 8 nitrogen and oxygen atoms in total. The Hall–Kier alpha value is -0.310. The van der Waals surface area contributed by atoms with Gasteiger partial charge in [-0.3, -0.25) is 0 Å². The van der Waals surface area contributed by atoms with Crippen LogP contribution in [0.5, 0.6) is 0 Å². The summed E-state index contributed by atoms with van der Waals surface area (Å²) in [6, 6.07) is 0. The number of hydrogen-bond acceptors (Lipinski definition) is 8. The first kappa shape index (κ1) is 15.7. The minimum Gasteiger partial charge on any atom is -0.790 e. The van der Waals surface area contributed by atoms with Gasteiger partial charge in [0, 0.05) is 6.42 Å². The molecule has 18 heavy (non-hydrogen) atoms. The Morgan fingerprint density at radius 2 is 2.17 bits per heavy atom. The summed E-state index contributed by atoms with van der Waals surface area (Å²) >= 11 is 0.